The zero-order valence-electron chi connectivity index (χ0n) is 0.908. The molecular weight excluding hydrogens is 434 g/mol. The van der Waals surface area contributed by atoms with Gasteiger partial charge in [-0.1, -0.05) is 0 Å². The molecule has 0 fully saturated rings. The first kappa shape index (κ1) is 24.6. The van der Waals surface area contributed by atoms with Crippen molar-refractivity contribution < 1.29 is 3.08 Å². The predicted molar refractivity (Wildman–Crippen MR) is 36.3 cm³/mol. The van der Waals surface area contributed by atoms with Gasteiger partial charge in [0.15, 0.2) is 0 Å². The van der Waals surface area contributed by atoms with Gasteiger partial charge < -0.3 is 0 Å². The topological polar surface area (TPSA) is 17.1 Å². The van der Waals surface area contributed by atoms with Gasteiger partial charge in [0, 0.05) is 0 Å². The number of hydrogen-bond acceptors (Lipinski definition) is 1. The van der Waals surface area contributed by atoms with Crippen LogP contribution in [-0.4, -0.2) is 94.0 Å². The van der Waals surface area contributed by atoms with Crippen LogP contribution in [0.25, 0.3) is 0 Å². The maximum absolute atomic E-state index is 8.34. The third kappa shape index (κ3) is 19.5. The summed E-state index contributed by atoms with van der Waals surface area (Å²) in [6, 6.07) is 0. The second-order valence-electron chi connectivity index (χ2n) is 0. The second-order valence-corrected chi connectivity index (χ2v) is 0. The number of hydrogen-bond donors (Lipinski definition) is 0. The minimum atomic E-state index is 0. The Hall–Kier alpha value is 2.98. The van der Waals surface area contributed by atoms with Crippen LogP contribution >= 0.6 is 0 Å². The van der Waals surface area contributed by atoms with Crippen LogP contribution in [0, 0.1) is 0 Å². The summed E-state index contributed by atoms with van der Waals surface area (Å²) in [6.07, 6.45) is 0. The number of rotatable bonds is 0. The van der Waals surface area contributed by atoms with Gasteiger partial charge in [0.2, 0.25) is 0 Å². The monoisotopic (exact) mass is 444 g/mol. The summed E-state index contributed by atoms with van der Waals surface area (Å²) in [5, 5.41) is 0. The Bertz CT molecular complexity index is 9.61. The zero-order valence-corrected chi connectivity index (χ0v) is 3.76. The molecular formula is H9GaIn2OSn. The molecule has 0 aromatic carbocycles. The summed E-state index contributed by atoms with van der Waals surface area (Å²) < 4.78 is 8.34. The average molecular weight is 443 g/mol. The quantitative estimate of drug-likeness (QED) is 0.349. The Morgan fingerprint density at radius 1 is 1.00 bits per heavy atom. The van der Waals surface area contributed by atoms with E-state index >= 15 is 0 Å². The van der Waals surface area contributed by atoms with E-state index < -0.39 is 0 Å². The van der Waals surface area contributed by atoms with Crippen LogP contribution in [0.15, 0.2) is 0 Å². The molecule has 0 aliphatic heterocycles. The first-order chi connectivity index (χ1) is 1.00. The van der Waals surface area contributed by atoms with Crippen LogP contribution in [0.1, 0.15) is 0 Å². The van der Waals surface area contributed by atoms with E-state index in [1.807, 2.05) is 0 Å². The van der Waals surface area contributed by atoms with Gasteiger partial charge in [-0.2, -0.15) is 0 Å². The molecule has 0 bridgehead atoms. The average Bonchev–Trinajstić information content (AvgIpc) is 1.00. The summed E-state index contributed by atoms with van der Waals surface area (Å²) in [5.74, 6) is 0. The molecule has 0 spiro atoms. The molecule has 0 saturated heterocycles. The van der Waals surface area contributed by atoms with Crippen molar-refractivity contribution in [1.29, 1.82) is 0 Å². The van der Waals surface area contributed by atoms with Crippen LogP contribution in [-0.2, 0) is 3.08 Å². The van der Waals surface area contributed by atoms with Crippen molar-refractivity contribution in [2.24, 2.45) is 0 Å². The second kappa shape index (κ2) is 28.1. The molecule has 0 aliphatic rings. The summed E-state index contributed by atoms with van der Waals surface area (Å²) in [7, 11) is 0. The van der Waals surface area contributed by atoms with Gasteiger partial charge in [-0.3, -0.25) is 0 Å². The molecule has 0 atom stereocenters. The van der Waals surface area contributed by atoms with Gasteiger partial charge in [-0.05, 0) is 0 Å². The molecule has 0 aliphatic carbocycles. The van der Waals surface area contributed by atoms with Gasteiger partial charge in [0.25, 0.3) is 0 Å². The molecule has 0 rings (SSSR count). The molecule has 0 aromatic heterocycles. The molecule has 0 saturated carbocycles. The molecule has 0 aromatic rings. The Morgan fingerprint density at radius 2 is 1.00 bits per heavy atom. The van der Waals surface area contributed by atoms with E-state index in [9.17, 15) is 0 Å². The van der Waals surface area contributed by atoms with Crippen molar-refractivity contribution in [1.82, 2.24) is 0 Å². The van der Waals surface area contributed by atoms with Gasteiger partial charge in [-0.15, -0.1) is 0 Å². The molecule has 28 valence electrons. The van der Waals surface area contributed by atoms with Crippen LogP contribution in [0.4, 0.5) is 0 Å². The molecule has 2 radical (unpaired) electrons. The summed E-state index contributed by atoms with van der Waals surface area (Å²) >= 11 is 0.300. The molecule has 1 nitrogen and oxygen atoms in total. The standard InChI is InChI=1S/Ga.2In.O.Sn.9H. The molecule has 0 amide bonds. The first-order valence-electron chi connectivity index (χ1n) is 0.204. The Labute approximate surface area is 95.1 Å². The van der Waals surface area contributed by atoms with Crippen LogP contribution in [0.5, 0.6) is 0 Å². The normalized spacial score (nSPS) is 0.800. The predicted octanol–water partition coefficient (Wildman–Crippen LogP) is -4.05. The van der Waals surface area contributed by atoms with Crippen LogP contribution in [0.3, 0.4) is 0 Å². The van der Waals surface area contributed by atoms with E-state index in [0.29, 0.717) is 22.5 Å². The van der Waals surface area contributed by atoms with Crippen molar-refractivity contribution in [3.05, 3.63) is 0 Å². The Balaban J connectivity index is -0.00000000167. The van der Waals surface area contributed by atoms with Gasteiger partial charge >= 0.3 is 97.1 Å². The van der Waals surface area contributed by atoms with Gasteiger partial charge in [-0.25, -0.2) is 0 Å². The van der Waals surface area contributed by atoms with E-state index in [1.165, 1.54) is 0 Å². The molecule has 0 unspecified atom stereocenters. The molecule has 5 heteroatoms. The van der Waals surface area contributed by atoms with Crippen molar-refractivity contribution in [2.45, 2.75) is 0 Å². The Kier molecular flexibility index (Phi) is 138. The fourth-order valence-electron chi connectivity index (χ4n) is 0. The van der Waals surface area contributed by atoms with Crippen molar-refractivity contribution >= 4 is 94.0 Å². The van der Waals surface area contributed by atoms with Crippen LogP contribution < -0.4 is 0 Å². The van der Waals surface area contributed by atoms with E-state index in [-0.39, 0.29) is 71.5 Å². The van der Waals surface area contributed by atoms with Crippen LogP contribution in [0.2, 0.25) is 0 Å². The molecule has 5 heavy (non-hydrogen) atoms. The van der Waals surface area contributed by atoms with E-state index in [2.05, 4.69) is 0 Å². The fraction of sp³-hybridized carbons (Fsp3) is 0. The third-order valence-corrected chi connectivity index (χ3v) is 0. The van der Waals surface area contributed by atoms with Crippen molar-refractivity contribution in [3.63, 3.8) is 0 Å². The van der Waals surface area contributed by atoms with E-state index in [1.54, 1.807) is 0 Å². The summed E-state index contributed by atoms with van der Waals surface area (Å²) in [6.45, 7) is 0. The van der Waals surface area contributed by atoms with E-state index in [4.69, 9.17) is 3.08 Å². The van der Waals surface area contributed by atoms with Gasteiger partial charge in [0.1, 0.15) is 0 Å². The van der Waals surface area contributed by atoms with Gasteiger partial charge in [0.05, 0.1) is 0 Å². The summed E-state index contributed by atoms with van der Waals surface area (Å²) in [5.41, 5.74) is 0. The fourth-order valence-corrected chi connectivity index (χ4v) is 0. The maximum atomic E-state index is 8.34. The molecule has 0 N–H and O–H groups in total. The zero-order chi connectivity index (χ0) is 2.00. The van der Waals surface area contributed by atoms with Crippen molar-refractivity contribution in [3.8, 4) is 0 Å². The van der Waals surface area contributed by atoms with Crippen molar-refractivity contribution in [2.75, 3.05) is 0 Å². The Morgan fingerprint density at radius 3 is 1.00 bits per heavy atom. The minimum absolute atomic E-state index is 0. The van der Waals surface area contributed by atoms with E-state index in [0.717, 1.165) is 0 Å². The first-order valence-corrected chi connectivity index (χ1v) is 1.37. The molecule has 0 heterocycles. The third-order valence-electron chi connectivity index (χ3n) is 0. The SMILES string of the molecule is [GaH3].[InH3].[InH3].[O]=[Sn]. The summed E-state index contributed by atoms with van der Waals surface area (Å²) in [4.78, 5) is 0.